The van der Waals surface area contributed by atoms with Gasteiger partial charge in [0.2, 0.25) is 0 Å². The van der Waals surface area contributed by atoms with Crippen molar-refractivity contribution in [1.82, 2.24) is 0 Å². The molecular formula is C42H84O21. The highest BCUT2D eigenvalue weighted by molar-refractivity contribution is 4.42. The topological polar surface area (TPSA) is 194 Å². The van der Waals surface area contributed by atoms with Crippen molar-refractivity contribution >= 4 is 0 Å². The molecule has 0 bridgehead atoms. The summed E-state index contributed by atoms with van der Waals surface area (Å²) < 4.78 is 116. The predicted octanol–water partition coefficient (Wildman–Crippen LogP) is 0.349. The van der Waals surface area contributed by atoms with Crippen LogP contribution in [0.3, 0.4) is 0 Å². The second-order valence-electron chi connectivity index (χ2n) is 12.9. The Labute approximate surface area is 376 Å². The molecule has 0 spiro atoms. The molecule has 0 aromatic rings. The third kappa shape index (κ3) is 55.4. The van der Waals surface area contributed by atoms with E-state index in [1.165, 1.54) is 0 Å². The average molecular weight is 925 g/mol. The van der Waals surface area contributed by atoms with E-state index in [-0.39, 0.29) is 0 Å². The third-order valence-corrected chi connectivity index (χ3v) is 7.81. The maximum absolute atomic E-state index is 5.51. The standard InChI is InChI=1S/C42H84O21/c1-2-44-5-6-46-9-10-48-13-14-50-17-18-52-21-22-54-25-26-56-29-30-58-33-34-60-37-38-62-41-42-63-40-39-61-36-35-59-32-31-57-28-27-55-24-23-53-20-19-51-16-15-49-12-11-47-8-7-45-4-3-43-1/h1-42H2. The van der Waals surface area contributed by atoms with Gasteiger partial charge in [0.1, 0.15) is 0 Å². The van der Waals surface area contributed by atoms with Crippen LogP contribution in [0.5, 0.6) is 0 Å². The van der Waals surface area contributed by atoms with Crippen LogP contribution >= 0.6 is 0 Å². The minimum absolute atomic E-state index is 0.495. The molecule has 0 saturated carbocycles. The first kappa shape index (κ1) is 60.2. The van der Waals surface area contributed by atoms with Crippen LogP contribution in [0.1, 0.15) is 0 Å². The summed E-state index contributed by atoms with van der Waals surface area (Å²) in [6.07, 6.45) is 0. The maximum atomic E-state index is 5.51. The van der Waals surface area contributed by atoms with Crippen molar-refractivity contribution in [3.8, 4) is 0 Å². The molecule has 1 heterocycles. The molecule has 1 aliphatic heterocycles. The van der Waals surface area contributed by atoms with Gasteiger partial charge in [-0.2, -0.15) is 0 Å². The highest BCUT2D eigenvalue weighted by Gasteiger charge is 1.99. The van der Waals surface area contributed by atoms with Crippen molar-refractivity contribution in [1.29, 1.82) is 0 Å². The molecular weight excluding hydrogens is 840 g/mol. The molecule has 0 radical (unpaired) electrons. The van der Waals surface area contributed by atoms with E-state index in [2.05, 4.69) is 0 Å². The van der Waals surface area contributed by atoms with Crippen molar-refractivity contribution in [3.63, 3.8) is 0 Å². The normalized spacial score (nSPS) is 24.0. The van der Waals surface area contributed by atoms with E-state index >= 15 is 0 Å². The molecule has 21 heteroatoms. The van der Waals surface area contributed by atoms with Gasteiger partial charge < -0.3 is 99.5 Å². The van der Waals surface area contributed by atoms with Gasteiger partial charge in [-0.25, -0.2) is 0 Å². The van der Waals surface area contributed by atoms with Crippen LogP contribution in [0.15, 0.2) is 0 Å². The van der Waals surface area contributed by atoms with Gasteiger partial charge in [0.05, 0.1) is 277 Å². The summed E-state index contributed by atoms with van der Waals surface area (Å²) in [6, 6.07) is 0. The van der Waals surface area contributed by atoms with Crippen molar-refractivity contribution in [3.05, 3.63) is 0 Å². The molecule has 0 aromatic carbocycles. The Hall–Kier alpha value is -0.840. The summed E-state index contributed by atoms with van der Waals surface area (Å²) >= 11 is 0. The smallest absolute Gasteiger partial charge is 0.0701 e. The van der Waals surface area contributed by atoms with Crippen LogP contribution in [0.4, 0.5) is 0 Å². The highest BCUT2D eigenvalue weighted by Crippen LogP contribution is 1.90. The van der Waals surface area contributed by atoms with Crippen LogP contribution in [0.25, 0.3) is 0 Å². The molecule has 1 aliphatic rings. The third-order valence-electron chi connectivity index (χ3n) is 7.81. The second-order valence-corrected chi connectivity index (χ2v) is 12.9. The number of hydrogen-bond donors (Lipinski definition) is 0. The Morgan fingerprint density at radius 2 is 0.0952 bits per heavy atom. The second kappa shape index (κ2) is 57.3. The molecule has 1 fully saturated rings. The SMILES string of the molecule is C1COCCOCCOCCOCCOCCOCCOCCOCCOCCOCCOCCOCCOCCOCCOCCOCCOCCOCCOCCOCCO1. The summed E-state index contributed by atoms with van der Waals surface area (Å²) in [6.45, 7) is 20.8. The first-order valence-electron chi connectivity index (χ1n) is 22.6. The van der Waals surface area contributed by atoms with Crippen molar-refractivity contribution in [2.75, 3.05) is 277 Å². The van der Waals surface area contributed by atoms with Crippen LogP contribution in [0.2, 0.25) is 0 Å². The lowest BCUT2D eigenvalue weighted by atomic mass is 10.6. The molecule has 378 valence electrons. The van der Waals surface area contributed by atoms with Crippen molar-refractivity contribution in [2.45, 2.75) is 0 Å². The molecule has 0 N–H and O–H groups in total. The van der Waals surface area contributed by atoms with E-state index < -0.39 is 0 Å². The first-order valence-corrected chi connectivity index (χ1v) is 22.6. The van der Waals surface area contributed by atoms with E-state index in [1.807, 2.05) is 0 Å². The summed E-state index contributed by atoms with van der Waals surface area (Å²) in [7, 11) is 0. The maximum Gasteiger partial charge on any atom is 0.0701 e. The molecule has 0 unspecified atom stereocenters. The minimum Gasteiger partial charge on any atom is -0.377 e. The van der Waals surface area contributed by atoms with Gasteiger partial charge in [0, 0.05) is 0 Å². The van der Waals surface area contributed by atoms with Crippen LogP contribution in [0, 0.1) is 0 Å². The first-order chi connectivity index (χ1) is 31.5. The zero-order valence-corrected chi connectivity index (χ0v) is 38.3. The molecule has 1 rings (SSSR count). The van der Waals surface area contributed by atoms with Gasteiger partial charge in [-0.15, -0.1) is 0 Å². The lowest BCUT2D eigenvalue weighted by Crippen LogP contribution is -2.16. The van der Waals surface area contributed by atoms with Crippen molar-refractivity contribution in [2.24, 2.45) is 0 Å². The largest absolute Gasteiger partial charge is 0.377 e. The molecule has 0 aliphatic carbocycles. The summed E-state index contributed by atoms with van der Waals surface area (Å²) in [5.74, 6) is 0. The number of hydrogen-bond acceptors (Lipinski definition) is 21. The zero-order chi connectivity index (χ0) is 44.5. The van der Waals surface area contributed by atoms with E-state index in [1.54, 1.807) is 0 Å². The molecule has 21 nitrogen and oxygen atoms in total. The number of ether oxygens (including phenoxy) is 21. The minimum atomic E-state index is 0.495. The Balaban J connectivity index is 2.00. The summed E-state index contributed by atoms with van der Waals surface area (Å²) in [4.78, 5) is 0. The fourth-order valence-electron chi connectivity index (χ4n) is 4.62. The summed E-state index contributed by atoms with van der Waals surface area (Å²) in [5, 5.41) is 0. The average Bonchev–Trinajstić information content (AvgIpc) is 3.29. The highest BCUT2D eigenvalue weighted by atomic mass is 16.6. The Morgan fingerprint density at radius 1 is 0.0635 bits per heavy atom. The fourth-order valence-corrected chi connectivity index (χ4v) is 4.62. The molecule has 0 aromatic heterocycles. The lowest BCUT2D eigenvalue weighted by molar-refractivity contribution is -0.0313. The zero-order valence-electron chi connectivity index (χ0n) is 38.3. The van der Waals surface area contributed by atoms with E-state index in [0.29, 0.717) is 277 Å². The van der Waals surface area contributed by atoms with Crippen molar-refractivity contribution < 1.29 is 99.5 Å². The van der Waals surface area contributed by atoms with Gasteiger partial charge in [-0.3, -0.25) is 0 Å². The molecule has 63 heavy (non-hydrogen) atoms. The molecule has 0 atom stereocenters. The van der Waals surface area contributed by atoms with Crippen LogP contribution < -0.4 is 0 Å². The van der Waals surface area contributed by atoms with Crippen LogP contribution in [-0.2, 0) is 99.5 Å². The van der Waals surface area contributed by atoms with E-state index in [9.17, 15) is 0 Å². The van der Waals surface area contributed by atoms with E-state index in [4.69, 9.17) is 99.5 Å². The predicted molar refractivity (Wildman–Crippen MR) is 227 cm³/mol. The lowest BCUT2D eigenvalue weighted by Gasteiger charge is -2.09. The monoisotopic (exact) mass is 925 g/mol. The van der Waals surface area contributed by atoms with E-state index in [0.717, 1.165) is 0 Å². The number of rotatable bonds is 0. The quantitative estimate of drug-likeness (QED) is 0.323. The fraction of sp³-hybridized carbons (Fsp3) is 1.00. The van der Waals surface area contributed by atoms with Gasteiger partial charge in [-0.05, 0) is 0 Å². The Morgan fingerprint density at radius 3 is 0.127 bits per heavy atom. The molecule has 0 amide bonds. The Kier molecular flexibility index (Phi) is 54.7. The van der Waals surface area contributed by atoms with Gasteiger partial charge in [0.15, 0.2) is 0 Å². The van der Waals surface area contributed by atoms with Gasteiger partial charge in [0.25, 0.3) is 0 Å². The van der Waals surface area contributed by atoms with Gasteiger partial charge >= 0.3 is 0 Å². The summed E-state index contributed by atoms with van der Waals surface area (Å²) in [5.41, 5.74) is 0. The molecule has 1 saturated heterocycles. The van der Waals surface area contributed by atoms with Crippen LogP contribution in [-0.4, -0.2) is 277 Å². The Bertz CT molecular complexity index is 434. The van der Waals surface area contributed by atoms with Gasteiger partial charge in [-0.1, -0.05) is 0 Å².